The summed E-state index contributed by atoms with van der Waals surface area (Å²) in [4.78, 5) is 6.54. The fraction of sp³-hybridized carbons (Fsp3) is 0.526. The van der Waals surface area contributed by atoms with Crippen molar-refractivity contribution in [2.75, 3.05) is 31.2 Å². The molecule has 6 nitrogen and oxygen atoms in total. The van der Waals surface area contributed by atoms with Crippen molar-refractivity contribution in [3.8, 4) is 0 Å². The van der Waals surface area contributed by atoms with Gasteiger partial charge in [0.2, 0.25) is 20.7 Å². The van der Waals surface area contributed by atoms with Gasteiger partial charge in [-0.15, -0.1) is 0 Å². The molecule has 1 aliphatic rings. The molecular weight excluding hydrogens is 352 g/mol. The summed E-state index contributed by atoms with van der Waals surface area (Å²) in [7, 11) is -3.74. The first-order valence-corrected chi connectivity index (χ1v) is 10.7. The smallest absolute Gasteiger partial charge is 0.236 e. The van der Waals surface area contributed by atoms with E-state index >= 15 is 0 Å². The first-order valence-electron chi connectivity index (χ1n) is 9.22. The van der Waals surface area contributed by atoms with E-state index < -0.39 is 9.84 Å². The van der Waals surface area contributed by atoms with Gasteiger partial charge in [-0.25, -0.2) is 8.42 Å². The van der Waals surface area contributed by atoms with Crippen molar-refractivity contribution in [2.45, 2.75) is 49.5 Å². The summed E-state index contributed by atoms with van der Waals surface area (Å²) in [5.74, 6) is 0.830. The SMILES string of the molecule is CCCCc1nc(S(=O)(=O)c2ccc(CC)cc2)c(N2CCOCC2)o1. The van der Waals surface area contributed by atoms with Gasteiger partial charge in [0.15, 0.2) is 5.89 Å². The first-order chi connectivity index (χ1) is 12.6. The van der Waals surface area contributed by atoms with Crippen LogP contribution in [0, 0.1) is 0 Å². The van der Waals surface area contributed by atoms with Crippen LogP contribution in [0.2, 0.25) is 0 Å². The number of unbranched alkanes of at least 4 members (excludes halogenated alkanes) is 1. The lowest BCUT2D eigenvalue weighted by molar-refractivity contribution is 0.120. The number of rotatable bonds is 7. The lowest BCUT2D eigenvalue weighted by Crippen LogP contribution is -2.36. The van der Waals surface area contributed by atoms with E-state index in [9.17, 15) is 8.42 Å². The second kappa shape index (κ2) is 8.22. The lowest BCUT2D eigenvalue weighted by Gasteiger charge is -2.26. The highest BCUT2D eigenvalue weighted by Gasteiger charge is 2.31. The Bertz CT molecular complexity index is 822. The van der Waals surface area contributed by atoms with Crippen LogP contribution in [0.15, 0.2) is 38.6 Å². The van der Waals surface area contributed by atoms with Crippen LogP contribution >= 0.6 is 0 Å². The van der Waals surface area contributed by atoms with E-state index in [2.05, 4.69) is 11.9 Å². The van der Waals surface area contributed by atoms with Gasteiger partial charge < -0.3 is 14.1 Å². The number of nitrogens with zero attached hydrogens (tertiary/aromatic N) is 2. The highest BCUT2D eigenvalue weighted by atomic mass is 32.2. The molecule has 1 aromatic carbocycles. The van der Waals surface area contributed by atoms with E-state index in [1.54, 1.807) is 12.1 Å². The number of oxazole rings is 1. The molecule has 0 aliphatic carbocycles. The summed E-state index contributed by atoms with van der Waals surface area (Å²) in [6, 6.07) is 6.99. The highest BCUT2D eigenvalue weighted by Crippen LogP contribution is 2.32. The van der Waals surface area contributed by atoms with Gasteiger partial charge in [0.05, 0.1) is 18.1 Å². The van der Waals surface area contributed by atoms with Gasteiger partial charge in [0.1, 0.15) is 0 Å². The van der Waals surface area contributed by atoms with Crippen LogP contribution in [0.3, 0.4) is 0 Å². The molecule has 1 fully saturated rings. The normalized spacial score (nSPS) is 15.4. The van der Waals surface area contributed by atoms with Crippen molar-refractivity contribution in [3.05, 3.63) is 35.7 Å². The molecule has 1 aromatic heterocycles. The van der Waals surface area contributed by atoms with Crippen LogP contribution in [0.4, 0.5) is 5.88 Å². The molecule has 0 saturated carbocycles. The second-order valence-electron chi connectivity index (χ2n) is 6.42. The zero-order valence-corrected chi connectivity index (χ0v) is 16.2. The van der Waals surface area contributed by atoms with Crippen molar-refractivity contribution in [3.63, 3.8) is 0 Å². The quantitative estimate of drug-likeness (QED) is 0.736. The summed E-state index contributed by atoms with van der Waals surface area (Å²) in [6.07, 6.45) is 3.41. The average Bonchev–Trinajstić information content (AvgIpc) is 3.12. The Kier molecular flexibility index (Phi) is 5.98. The van der Waals surface area contributed by atoms with Crippen LogP contribution in [-0.2, 0) is 27.4 Å². The zero-order valence-electron chi connectivity index (χ0n) is 15.4. The molecule has 0 N–H and O–H groups in total. The summed E-state index contributed by atoms with van der Waals surface area (Å²) in [5.41, 5.74) is 1.10. The Labute approximate surface area is 155 Å². The minimum Gasteiger partial charge on any atom is -0.424 e. The number of ether oxygens (including phenoxy) is 1. The zero-order chi connectivity index (χ0) is 18.6. The Morgan fingerprint density at radius 1 is 1.12 bits per heavy atom. The van der Waals surface area contributed by atoms with E-state index in [0.29, 0.717) is 44.5 Å². The monoisotopic (exact) mass is 378 g/mol. The predicted molar refractivity (Wildman–Crippen MR) is 99.4 cm³/mol. The van der Waals surface area contributed by atoms with Crippen LogP contribution in [-0.4, -0.2) is 39.7 Å². The average molecular weight is 378 g/mol. The van der Waals surface area contributed by atoms with Crippen molar-refractivity contribution in [2.24, 2.45) is 0 Å². The Balaban J connectivity index is 2.00. The topological polar surface area (TPSA) is 72.6 Å². The molecule has 0 amide bonds. The number of benzene rings is 1. The minimum atomic E-state index is -3.74. The van der Waals surface area contributed by atoms with Crippen LogP contribution < -0.4 is 4.90 Å². The maximum atomic E-state index is 13.2. The number of aryl methyl sites for hydroxylation is 2. The Hall–Kier alpha value is -1.86. The Morgan fingerprint density at radius 2 is 1.81 bits per heavy atom. The molecule has 3 rings (SSSR count). The van der Waals surface area contributed by atoms with E-state index in [0.717, 1.165) is 24.8 Å². The van der Waals surface area contributed by atoms with Gasteiger partial charge in [-0.1, -0.05) is 32.4 Å². The van der Waals surface area contributed by atoms with E-state index in [1.807, 2.05) is 24.0 Å². The lowest BCUT2D eigenvalue weighted by atomic mass is 10.2. The molecule has 142 valence electrons. The number of anilines is 1. The minimum absolute atomic E-state index is 0.0229. The first kappa shape index (κ1) is 18.9. The maximum Gasteiger partial charge on any atom is 0.236 e. The number of aromatic nitrogens is 1. The fourth-order valence-electron chi connectivity index (χ4n) is 2.93. The van der Waals surface area contributed by atoms with Crippen molar-refractivity contribution in [1.29, 1.82) is 0 Å². The van der Waals surface area contributed by atoms with Gasteiger partial charge in [0, 0.05) is 19.5 Å². The molecule has 0 spiro atoms. The second-order valence-corrected chi connectivity index (χ2v) is 8.29. The number of morpholine rings is 1. The Morgan fingerprint density at radius 3 is 2.42 bits per heavy atom. The van der Waals surface area contributed by atoms with Crippen LogP contribution in [0.5, 0.6) is 0 Å². The van der Waals surface area contributed by atoms with Crippen LogP contribution in [0.1, 0.15) is 38.1 Å². The molecule has 2 aromatic rings. The van der Waals surface area contributed by atoms with Crippen molar-refractivity contribution in [1.82, 2.24) is 4.98 Å². The molecule has 0 bridgehead atoms. The molecule has 1 saturated heterocycles. The maximum absolute atomic E-state index is 13.2. The van der Waals surface area contributed by atoms with Gasteiger partial charge >= 0.3 is 0 Å². The summed E-state index contributed by atoms with van der Waals surface area (Å²) >= 11 is 0. The third kappa shape index (κ3) is 3.94. The van der Waals surface area contributed by atoms with E-state index in [1.165, 1.54) is 0 Å². The summed E-state index contributed by atoms with van der Waals surface area (Å²) in [6.45, 7) is 6.42. The molecule has 7 heteroatoms. The molecule has 0 radical (unpaired) electrons. The van der Waals surface area contributed by atoms with Gasteiger partial charge in [-0.3, -0.25) is 0 Å². The van der Waals surface area contributed by atoms with Gasteiger partial charge in [0.25, 0.3) is 0 Å². The molecule has 2 heterocycles. The van der Waals surface area contributed by atoms with Crippen molar-refractivity contribution < 1.29 is 17.6 Å². The molecule has 1 aliphatic heterocycles. The summed E-state index contributed by atoms with van der Waals surface area (Å²) < 4.78 is 37.7. The molecule has 26 heavy (non-hydrogen) atoms. The predicted octanol–water partition coefficient (Wildman–Crippen LogP) is 3.25. The summed E-state index contributed by atoms with van der Waals surface area (Å²) in [5, 5.41) is 0.0229. The van der Waals surface area contributed by atoms with Gasteiger partial charge in [-0.2, -0.15) is 4.98 Å². The third-order valence-electron chi connectivity index (χ3n) is 4.56. The van der Waals surface area contributed by atoms with Crippen molar-refractivity contribution >= 4 is 15.7 Å². The van der Waals surface area contributed by atoms with E-state index in [-0.39, 0.29) is 9.92 Å². The molecular formula is C19H26N2O4S. The third-order valence-corrected chi connectivity index (χ3v) is 6.23. The number of hydrogen-bond acceptors (Lipinski definition) is 6. The standard InChI is InChI=1S/C19H26N2O4S/c1-3-5-6-17-20-18(19(25-17)21-11-13-24-14-12-21)26(22,23)16-9-7-15(4-2)8-10-16/h7-10H,3-6,11-14H2,1-2H3. The number of hydrogen-bond donors (Lipinski definition) is 0. The number of sulfone groups is 1. The largest absolute Gasteiger partial charge is 0.424 e. The molecule has 0 atom stereocenters. The van der Waals surface area contributed by atoms with Crippen LogP contribution in [0.25, 0.3) is 0 Å². The van der Waals surface area contributed by atoms with Gasteiger partial charge in [-0.05, 0) is 30.5 Å². The molecule has 0 unspecified atom stereocenters. The van der Waals surface area contributed by atoms with E-state index in [4.69, 9.17) is 9.15 Å². The highest BCUT2D eigenvalue weighted by molar-refractivity contribution is 7.91. The fourth-order valence-corrected chi connectivity index (χ4v) is 4.27.